The average molecular weight is 318 g/mol. The largest absolute Gasteiger partial charge is 0.274 e. The zero-order chi connectivity index (χ0) is 14.8. The maximum absolute atomic E-state index is 12.5. The van der Waals surface area contributed by atoms with Crippen LogP contribution in [0.4, 0.5) is 5.69 Å². The number of imide groups is 1. The number of hydrogen-bond acceptors (Lipinski definition) is 3. The van der Waals surface area contributed by atoms with E-state index in [9.17, 15) is 9.59 Å². The van der Waals surface area contributed by atoms with E-state index in [1.54, 1.807) is 24.3 Å². The summed E-state index contributed by atoms with van der Waals surface area (Å²) in [5.41, 5.74) is 0.536. The average Bonchev–Trinajstić information content (AvgIpc) is 2.74. The molecular weight excluding hydrogens is 306 g/mol. The van der Waals surface area contributed by atoms with E-state index in [-0.39, 0.29) is 23.5 Å². The highest BCUT2D eigenvalue weighted by molar-refractivity contribution is 8.00. The van der Waals surface area contributed by atoms with E-state index < -0.39 is 0 Å². The summed E-state index contributed by atoms with van der Waals surface area (Å²) >= 11 is 7.35. The van der Waals surface area contributed by atoms with E-state index in [1.165, 1.54) is 16.7 Å². The first-order chi connectivity index (χ1) is 10.1. The fraction of sp³-hybridized carbons (Fsp3) is 0.125. The van der Waals surface area contributed by atoms with Gasteiger partial charge in [-0.05, 0) is 30.3 Å². The number of benzene rings is 2. The van der Waals surface area contributed by atoms with Crippen molar-refractivity contribution in [3.8, 4) is 0 Å². The summed E-state index contributed by atoms with van der Waals surface area (Å²) in [5, 5.41) is 0.131. The molecular formula is C16H12ClNO2S. The Morgan fingerprint density at radius 1 is 1.05 bits per heavy atom. The minimum atomic E-state index is -0.376. The Balaban J connectivity index is 1.82. The van der Waals surface area contributed by atoms with Crippen molar-refractivity contribution in [2.45, 2.75) is 16.6 Å². The molecule has 0 spiro atoms. The molecule has 2 aromatic rings. The lowest BCUT2D eigenvalue weighted by molar-refractivity contribution is -0.121. The summed E-state index contributed by atoms with van der Waals surface area (Å²) in [6.07, 6.45) is 0.213. The maximum atomic E-state index is 12.5. The third-order valence-corrected chi connectivity index (χ3v) is 4.63. The summed E-state index contributed by atoms with van der Waals surface area (Å²) in [6.45, 7) is 0. The molecule has 106 valence electrons. The fourth-order valence-corrected chi connectivity index (χ4v) is 3.51. The lowest BCUT2D eigenvalue weighted by atomic mass is 10.3. The Hall–Kier alpha value is -1.78. The molecule has 0 radical (unpaired) electrons. The number of halogens is 1. The van der Waals surface area contributed by atoms with Gasteiger partial charge in [0.25, 0.3) is 0 Å². The molecule has 0 aromatic heterocycles. The highest BCUT2D eigenvalue weighted by atomic mass is 35.5. The number of thioether (sulfide) groups is 1. The molecule has 2 amide bonds. The summed E-state index contributed by atoms with van der Waals surface area (Å²) in [7, 11) is 0. The number of rotatable bonds is 3. The first-order valence-electron chi connectivity index (χ1n) is 6.49. The minimum Gasteiger partial charge on any atom is -0.274 e. The number of amides is 2. The predicted molar refractivity (Wildman–Crippen MR) is 84.6 cm³/mol. The van der Waals surface area contributed by atoms with Crippen LogP contribution in [-0.4, -0.2) is 17.1 Å². The number of nitrogens with zero attached hydrogens (tertiary/aromatic N) is 1. The summed E-state index contributed by atoms with van der Waals surface area (Å²) < 4.78 is 0. The van der Waals surface area contributed by atoms with Crippen LogP contribution in [0.1, 0.15) is 6.42 Å². The minimum absolute atomic E-state index is 0.184. The summed E-state index contributed by atoms with van der Waals surface area (Å²) in [5.74, 6) is -0.369. The Labute approximate surface area is 131 Å². The van der Waals surface area contributed by atoms with Crippen molar-refractivity contribution in [1.29, 1.82) is 0 Å². The van der Waals surface area contributed by atoms with Crippen LogP contribution in [0, 0.1) is 0 Å². The number of carbonyl (C=O) groups is 2. The van der Waals surface area contributed by atoms with Crippen molar-refractivity contribution < 1.29 is 9.59 Å². The summed E-state index contributed by atoms with van der Waals surface area (Å²) in [6, 6.07) is 16.4. The molecule has 1 saturated heterocycles. The number of anilines is 1. The van der Waals surface area contributed by atoms with Gasteiger partial charge >= 0.3 is 0 Å². The quantitative estimate of drug-likeness (QED) is 0.809. The van der Waals surface area contributed by atoms with Crippen LogP contribution in [0.2, 0.25) is 5.02 Å². The highest BCUT2D eigenvalue weighted by Gasteiger charge is 2.40. The van der Waals surface area contributed by atoms with Crippen molar-refractivity contribution in [2.24, 2.45) is 0 Å². The van der Waals surface area contributed by atoms with E-state index in [1.807, 2.05) is 30.3 Å². The van der Waals surface area contributed by atoms with Gasteiger partial charge in [-0.3, -0.25) is 9.59 Å². The van der Waals surface area contributed by atoms with Crippen LogP contribution in [0.25, 0.3) is 0 Å². The summed E-state index contributed by atoms with van der Waals surface area (Å²) in [4.78, 5) is 26.8. The van der Waals surface area contributed by atoms with Gasteiger partial charge in [-0.25, -0.2) is 4.90 Å². The van der Waals surface area contributed by atoms with Crippen LogP contribution in [0.5, 0.6) is 0 Å². The van der Waals surface area contributed by atoms with Crippen molar-refractivity contribution >= 4 is 40.9 Å². The van der Waals surface area contributed by atoms with Gasteiger partial charge in [0.15, 0.2) is 0 Å². The van der Waals surface area contributed by atoms with E-state index in [4.69, 9.17) is 11.6 Å². The zero-order valence-corrected chi connectivity index (χ0v) is 12.6. The second-order valence-corrected chi connectivity index (χ2v) is 6.38. The van der Waals surface area contributed by atoms with Crippen LogP contribution >= 0.6 is 23.4 Å². The van der Waals surface area contributed by atoms with Gasteiger partial charge in [0.05, 0.1) is 10.9 Å². The molecule has 21 heavy (non-hydrogen) atoms. The normalized spacial score (nSPS) is 18.3. The molecule has 1 unspecified atom stereocenters. The Bertz CT molecular complexity index is 690. The monoisotopic (exact) mass is 317 g/mol. The molecule has 1 fully saturated rings. The smallest absolute Gasteiger partial charge is 0.247 e. The first kappa shape index (κ1) is 14.2. The zero-order valence-electron chi connectivity index (χ0n) is 11.0. The molecule has 0 saturated carbocycles. The number of carbonyl (C=O) groups excluding carboxylic acids is 2. The predicted octanol–water partition coefficient (Wildman–Crippen LogP) is 3.76. The van der Waals surface area contributed by atoms with E-state index in [2.05, 4.69) is 0 Å². The Morgan fingerprint density at radius 3 is 2.52 bits per heavy atom. The van der Waals surface area contributed by atoms with Gasteiger partial charge in [-0.1, -0.05) is 35.9 Å². The molecule has 1 atom stereocenters. The molecule has 0 bridgehead atoms. The van der Waals surface area contributed by atoms with E-state index >= 15 is 0 Å². The van der Waals surface area contributed by atoms with Gasteiger partial charge in [0.2, 0.25) is 11.8 Å². The SMILES string of the molecule is O=C1CC(Sc2ccccc2)C(=O)N1c1cccc(Cl)c1. The van der Waals surface area contributed by atoms with Crippen molar-refractivity contribution in [1.82, 2.24) is 0 Å². The van der Waals surface area contributed by atoms with E-state index in [0.29, 0.717) is 10.7 Å². The third kappa shape index (κ3) is 2.96. The molecule has 1 heterocycles. The van der Waals surface area contributed by atoms with E-state index in [0.717, 1.165) is 4.90 Å². The Kier molecular flexibility index (Phi) is 3.99. The van der Waals surface area contributed by atoms with Crippen LogP contribution in [0.3, 0.4) is 0 Å². The van der Waals surface area contributed by atoms with Crippen LogP contribution in [-0.2, 0) is 9.59 Å². The lowest BCUT2D eigenvalue weighted by Gasteiger charge is -2.15. The highest BCUT2D eigenvalue weighted by Crippen LogP contribution is 2.34. The van der Waals surface area contributed by atoms with Gasteiger partial charge in [-0.15, -0.1) is 11.8 Å². The van der Waals surface area contributed by atoms with Gasteiger partial charge in [0, 0.05) is 16.3 Å². The molecule has 0 aliphatic carbocycles. The fourth-order valence-electron chi connectivity index (χ4n) is 2.25. The van der Waals surface area contributed by atoms with Gasteiger partial charge < -0.3 is 0 Å². The lowest BCUT2D eigenvalue weighted by Crippen LogP contribution is -2.31. The molecule has 1 aliphatic heterocycles. The molecule has 5 heteroatoms. The van der Waals surface area contributed by atoms with Crippen molar-refractivity contribution in [3.63, 3.8) is 0 Å². The van der Waals surface area contributed by atoms with Crippen molar-refractivity contribution in [2.75, 3.05) is 4.90 Å². The standard InChI is InChI=1S/C16H12ClNO2S/c17-11-5-4-6-12(9-11)18-15(19)10-14(16(18)20)21-13-7-2-1-3-8-13/h1-9,14H,10H2. The van der Waals surface area contributed by atoms with Gasteiger partial charge in [-0.2, -0.15) is 0 Å². The molecule has 2 aromatic carbocycles. The molecule has 3 rings (SSSR count). The van der Waals surface area contributed by atoms with Crippen LogP contribution in [0.15, 0.2) is 59.5 Å². The second-order valence-electron chi connectivity index (χ2n) is 4.67. The maximum Gasteiger partial charge on any atom is 0.247 e. The number of hydrogen-bond donors (Lipinski definition) is 0. The molecule has 1 aliphatic rings. The van der Waals surface area contributed by atoms with Crippen molar-refractivity contribution in [3.05, 3.63) is 59.6 Å². The second kappa shape index (κ2) is 5.92. The van der Waals surface area contributed by atoms with Crippen LogP contribution < -0.4 is 4.90 Å². The molecule has 0 N–H and O–H groups in total. The Morgan fingerprint density at radius 2 is 1.81 bits per heavy atom. The van der Waals surface area contributed by atoms with Gasteiger partial charge in [0.1, 0.15) is 0 Å². The first-order valence-corrected chi connectivity index (χ1v) is 7.75. The molecule has 3 nitrogen and oxygen atoms in total. The topological polar surface area (TPSA) is 37.4 Å². The third-order valence-electron chi connectivity index (χ3n) is 3.19.